The molecule has 1 aromatic rings. The van der Waals surface area contributed by atoms with Crippen molar-refractivity contribution in [3.05, 3.63) is 36.8 Å². The second kappa shape index (κ2) is 5.21. The highest BCUT2D eigenvalue weighted by Gasteiger charge is 2.20. The average Bonchev–Trinajstić information content (AvgIpc) is 2.26. The molecule has 3 nitrogen and oxygen atoms in total. The van der Waals surface area contributed by atoms with E-state index in [1.54, 1.807) is 7.05 Å². The van der Waals surface area contributed by atoms with Gasteiger partial charge in [-0.25, -0.2) is 4.79 Å². The Labute approximate surface area is 103 Å². The molecular weight excluding hydrogens is 214 g/mol. The van der Waals surface area contributed by atoms with E-state index in [0.29, 0.717) is 6.42 Å². The van der Waals surface area contributed by atoms with Crippen LogP contribution in [0.5, 0.6) is 0 Å². The van der Waals surface area contributed by atoms with Crippen LogP contribution in [0.2, 0.25) is 0 Å². The first-order valence-electron chi connectivity index (χ1n) is 5.68. The maximum atomic E-state index is 11.8. The third-order valence-corrected chi connectivity index (χ3v) is 2.25. The van der Waals surface area contributed by atoms with E-state index < -0.39 is 5.60 Å². The molecule has 93 valence electrons. The number of carbonyl (C=O) groups excluding carboxylic acids is 1. The van der Waals surface area contributed by atoms with Crippen molar-refractivity contribution in [3.8, 4) is 0 Å². The molecule has 17 heavy (non-hydrogen) atoms. The van der Waals surface area contributed by atoms with Crippen LogP contribution in [0.15, 0.2) is 24.3 Å². The van der Waals surface area contributed by atoms with Crippen molar-refractivity contribution in [2.75, 3.05) is 11.9 Å². The minimum atomic E-state index is -0.477. The van der Waals surface area contributed by atoms with E-state index >= 15 is 0 Å². The predicted octanol–water partition coefficient (Wildman–Crippen LogP) is 3.43. The van der Waals surface area contributed by atoms with E-state index in [2.05, 4.69) is 6.92 Å². The summed E-state index contributed by atoms with van der Waals surface area (Å²) in [6.45, 7) is 9.38. The average molecular weight is 234 g/mol. The van der Waals surface area contributed by atoms with Gasteiger partial charge in [0.05, 0.1) is 0 Å². The molecule has 3 heteroatoms. The molecule has 0 heterocycles. The van der Waals surface area contributed by atoms with Gasteiger partial charge in [-0.3, -0.25) is 4.90 Å². The number of hydrogen-bond acceptors (Lipinski definition) is 2. The fourth-order valence-electron chi connectivity index (χ4n) is 1.36. The Morgan fingerprint density at radius 3 is 2.59 bits per heavy atom. The Balaban J connectivity index is 2.81. The number of nitrogens with zero attached hydrogens (tertiary/aromatic N) is 1. The first kappa shape index (κ1) is 13.6. The lowest BCUT2D eigenvalue weighted by Gasteiger charge is -2.24. The van der Waals surface area contributed by atoms with Crippen LogP contribution in [0.1, 0.15) is 26.3 Å². The molecule has 0 unspecified atom stereocenters. The number of rotatable bonds is 2. The van der Waals surface area contributed by atoms with Crippen LogP contribution >= 0.6 is 0 Å². The molecule has 1 aromatic carbocycles. The maximum Gasteiger partial charge on any atom is 0.414 e. The third-order valence-electron chi connectivity index (χ3n) is 2.25. The zero-order valence-corrected chi connectivity index (χ0v) is 11.0. The van der Waals surface area contributed by atoms with Gasteiger partial charge >= 0.3 is 6.09 Å². The molecule has 0 saturated heterocycles. The van der Waals surface area contributed by atoms with Crippen molar-refractivity contribution in [2.45, 2.75) is 32.8 Å². The van der Waals surface area contributed by atoms with Crippen LogP contribution in [0, 0.1) is 6.92 Å². The van der Waals surface area contributed by atoms with Crippen molar-refractivity contribution in [3.63, 3.8) is 0 Å². The molecule has 0 bridgehead atoms. The molecule has 0 aliphatic heterocycles. The van der Waals surface area contributed by atoms with Gasteiger partial charge in [0.2, 0.25) is 0 Å². The first-order chi connectivity index (χ1) is 7.83. The van der Waals surface area contributed by atoms with Crippen molar-refractivity contribution < 1.29 is 9.53 Å². The largest absolute Gasteiger partial charge is 0.443 e. The summed E-state index contributed by atoms with van der Waals surface area (Å²) < 4.78 is 5.30. The van der Waals surface area contributed by atoms with Gasteiger partial charge in [-0.2, -0.15) is 0 Å². The summed E-state index contributed by atoms with van der Waals surface area (Å²) in [7, 11) is 1.70. The fraction of sp³-hybridized carbons (Fsp3) is 0.429. The summed E-state index contributed by atoms with van der Waals surface area (Å²) in [5.41, 5.74) is 1.44. The van der Waals surface area contributed by atoms with Crippen molar-refractivity contribution >= 4 is 11.8 Å². The van der Waals surface area contributed by atoms with E-state index in [0.717, 1.165) is 11.3 Å². The van der Waals surface area contributed by atoms with Crippen LogP contribution in [-0.2, 0) is 11.2 Å². The number of ether oxygens (including phenoxy) is 1. The van der Waals surface area contributed by atoms with Crippen molar-refractivity contribution in [1.29, 1.82) is 0 Å². The first-order valence-corrected chi connectivity index (χ1v) is 5.68. The van der Waals surface area contributed by atoms with Crippen LogP contribution < -0.4 is 4.90 Å². The zero-order valence-electron chi connectivity index (χ0n) is 11.0. The third kappa shape index (κ3) is 4.10. The van der Waals surface area contributed by atoms with Crippen LogP contribution in [0.25, 0.3) is 0 Å². The van der Waals surface area contributed by atoms with Gasteiger partial charge in [-0.05, 0) is 51.8 Å². The van der Waals surface area contributed by atoms with E-state index in [1.807, 2.05) is 45.0 Å². The molecule has 0 atom stereocenters. The fourth-order valence-corrected chi connectivity index (χ4v) is 1.36. The summed E-state index contributed by atoms with van der Waals surface area (Å²) in [6.07, 6.45) is 0.356. The lowest BCUT2D eigenvalue weighted by atomic mass is 10.1. The Morgan fingerprint density at radius 2 is 2.06 bits per heavy atom. The summed E-state index contributed by atoms with van der Waals surface area (Å²) in [6, 6.07) is 7.72. The number of carbonyl (C=O) groups is 1. The quantitative estimate of drug-likeness (QED) is 0.784. The SMILES string of the molecule is [CH2]Cc1cccc(N(C)C(=O)OC(C)(C)C)c1. The zero-order chi connectivity index (χ0) is 13.1. The normalized spacial score (nSPS) is 11.1. The van der Waals surface area contributed by atoms with E-state index in [1.165, 1.54) is 4.90 Å². The van der Waals surface area contributed by atoms with Crippen LogP contribution in [0.3, 0.4) is 0 Å². The van der Waals surface area contributed by atoms with Gasteiger partial charge in [0.25, 0.3) is 0 Å². The monoisotopic (exact) mass is 234 g/mol. The lowest BCUT2D eigenvalue weighted by molar-refractivity contribution is 0.0589. The summed E-state index contributed by atoms with van der Waals surface area (Å²) in [5.74, 6) is 0. The number of hydrogen-bond donors (Lipinski definition) is 0. The minimum absolute atomic E-state index is 0.348. The van der Waals surface area contributed by atoms with E-state index in [4.69, 9.17) is 4.74 Å². The molecule has 0 aliphatic carbocycles. The number of benzene rings is 1. The maximum absolute atomic E-state index is 11.8. The number of anilines is 1. The number of amides is 1. The summed E-state index contributed by atoms with van der Waals surface area (Å²) in [4.78, 5) is 13.4. The second-order valence-electron chi connectivity index (χ2n) is 4.96. The molecule has 1 amide bonds. The Bertz CT molecular complexity index is 393. The Kier molecular flexibility index (Phi) is 4.16. The predicted molar refractivity (Wildman–Crippen MR) is 70.1 cm³/mol. The lowest BCUT2D eigenvalue weighted by Crippen LogP contribution is -2.34. The van der Waals surface area contributed by atoms with Crippen molar-refractivity contribution in [1.82, 2.24) is 0 Å². The van der Waals surface area contributed by atoms with Gasteiger partial charge in [0, 0.05) is 12.7 Å². The molecular formula is C14H20NO2. The standard InChI is InChI=1S/C14H20NO2/c1-6-11-8-7-9-12(10-11)15(5)13(16)17-14(2,3)4/h7-10H,1,6H2,2-5H3. The molecule has 1 rings (SSSR count). The van der Waals surface area contributed by atoms with E-state index in [9.17, 15) is 4.79 Å². The highest BCUT2D eigenvalue weighted by Crippen LogP contribution is 2.18. The molecule has 0 spiro atoms. The molecule has 1 radical (unpaired) electrons. The second-order valence-corrected chi connectivity index (χ2v) is 4.96. The highest BCUT2D eigenvalue weighted by molar-refractivity contribution is 5.87. The Morgan fingerprint density at radius 1 is 1.41 bits per heavy atom. The molecule has 0 N–H and O–H groups in total. The summed E-state index contributed by atoms with van der Waals surface area (Å²) >= 11 is 0. The minimum Gasteiger partial charge on any atom is -0.443 e. The van der Waals surface area contributed by atoms with Gasteiger partial charge in [0.1, 0.15) is 5.60 Å². The van der Waals surface area contributed by atoms with Gasteiger partial charge < -0.3 is 4.74 Å². The molecule has 0 aliphatic rings. The van der Waals surface area contributed by atoms with Gasteiger partial charge in [-0.1, -0.05) is 12.1 Å². The van der Waals surface area contributed by atoms with Crippen molar-refractivity contribution in [2.24, 2.45) is 0 Å². The van der Waals surface area contributed by atoms with E-state index in [-0.39, 0.29) is 6.09 Å². The topological polar surface area (TPSA) is 29.5 Å². The smallest absolute Gasteiger partial charge is 0.414 e. The Hall–Kier alpha value is -1.51. The summed E-state index contributed by atoms with van der Waals surface area (Å²) in [5, 5.41) is 0. The van der Waals surface area contributed by atoms with Crippen LogP contribution in [-0.4, -0.2) is 18.7 Å². The van der Waals surface area contributed by atoms with Gasteiger partial charge in [-0.15, -0.1) is 0 Å². The molecule has 0 aromatic heterocycles. The van der Waals surface area contributed by atoms with Crippen LogP contribution in [0.4, 0.5) is 10.5 Å². The molecule has 0 saturated carbocycles. The van der Waals surface area contributed by atoms with Gasteiger partial charge in [0.15, 0.2) is 0 Å². The highest BCUT2D eigenvalue weighted by atomic mass is 16.6. The molecule has 0 fully saturated rings.